The Balaban J connectivity index is 2.45. The van der Waals surface area contributed by atoms with Crippen molar-refractivity contribution >= 4 is 11.9 Å². The Bertz CT molecular complexity index is 439. The maximum Gasteiger partial charge on any atom is 0.307 e. The SMILES string of the molecule is CN1Cc2c(CC(=O)O)cccc2C1=O. The number of nitrogens with zero attached hydrogens (tertiary/aromatic N) is 1. The van der Waals surface area contributed by atoms with E-state index in [0.29, 0.717) is 12.1 Å². The summed E-state index contributed by atoms with van der Waals surface area (Å²) >= 11 is 0. The fourth-order valence-corrected chi connectivity index (χ4v) is 1.86. The molecule has 0 aromatic heterocycles. The van der Waals surface area contributed by atoms with Gasteiger partial charge >= 0.3 is 5.97 Å². The van der Waals surface area contributed by atoms with E-state index in [1.54, 1.807) is 30.1 Å². The van der Waals surface area contributed by atoms with Crippen molar-refractivity contribution in [2.24, 2.45) is 0 Å². The van der Waals surface area contributed by atoms with Crippen LogP contribution in [0, 0.1) is 0 Å². The molecule has 1 aliphatic heterocycles. The van der Waals surface area contributed by atoms with Crippen molar-refractivity contribution in [2.75, 3.05) is 7.05 Å². The molecule has 4 nitrogen and oxygen atoms in total. The molecule has 0 atom stereocenters. The molecule has 0 saturated carbocycles. The van der Waals surface area contributed by atoms with Gasteiger partial charge in [0.2, 0.25) is 0 Å². The van der Waals surface area contributed by atoms with Crippen molar-refractivity contribution in [1.29, 1.82) is 0 Å². The minimum absolute atomic E-state index is 0.0235. The van der Waals surface area contributed by atoms with Gasteiger partial charge in [-0.2, -0.15) is 0 Å². The second kappa shape index (κ2) is 3.38. The summed E-state index contributed by atoms with van der Waals surface area (Å²) < 4.78 is 0. The summed E-state index contributed by atoms with van der Waals surface area (Å²) in [5.74, 6) is -0.900. The van der Waals surface area contributed by atoms with E-state index in [4.69, 9.17) is 5.11 Å². The van der Waals surface area contributed by atoms with E-state index in [-0.39, 0.29) is 12.3 Å². The Kier molecular flexibility index (Phi) is 2.19. The Morgan fingerprint density at radius 2 is 2.27 bits per heavy atom. The van der Waals surface area contributed by atoms with Gasteiger partial charge in [-0.3, -0.25) is 9.59 Å². The zero-order valence-corrected chi connectivity index (χ0v) is 8.36. The smallest absolute Gasteiger partial charge is 0.307 e. The van der Waals surface area contributed by atoms with E-state index in [1.807, 2.05) is 0 Å². The molecule has 1 amide bonds. The number of carboxylic acids is 1. The van der Waals surface area contributed by atoms with Crippen LogP contribution in [0.5, 0.6) is 0 Å². The molecule has 0 fully saturated rings. The Morgan fingerprint density at radius 1 is 1.53 bits per heavy atom. The van der Waals surface area contributed by atoms with Crippen molar-refractivity contribution in [3.8, 4) is 0 Å². The highest BCUT2D eigenvalue weighted by Crippen LogP contribution is 2.25. The van der Waals surface area contributed by atoms with Crippen LogP contribution in [0.3, 0.4) is 0 Å². The van der Waals surface area contributed by atoms with Crippen LogP contribution in [0.15, 0.2) is 18.2 Å². The van der Waals surface area contributed by atoms with E-state index >= 15 is 0 Å². The van der Waals surface area contributed by atoms with Crippen molar-refractivity contribution in [3.05, 3.63) is 34.9 Å². The summed E-state index contributed by atoms with van der Waals surface area (Å²) in [6.07, 6.45) is -0.0235. The molecule has 2 rings (SSSR count). The summed E-state index contributed by atoms with van der Waals surface area (Å²) in [7, 11) is 1.72. The van der Waals surface area contributed by atoms with Gasteiger partial charge in [0, 0.05) is 19.2 Å². The topological polar surface area (TPSA) is 57.6 Å². The minimum Gasteiger partial charge on any atom is -0.481 e. The monoisotopic (exact) mass is 205 g/mol. The number of hydrogen-bond donors (Lipinski definition) is 1. The molecule has 4 heteroatoms. The lowest BCUT2D eigenvalue weighted by Crippen LogP contribution is -2.17. The molecule has 15 heavy (non-hydrogen) atoms. The van der Waals surface area contributed by atoms with Crippen LogP contribution in [-0.4, -0.2) is 28.9 Å². The molecule has 0 aliphatic carbocycles. The molecule has 0 spiro atoms. The first-order valence-corrected chi connectivity index (χ1v) is 4.67. The molecule has 1 N–H and O–H groups in total. The third kappa shape index (κ3) is 1.58. The average Bonchev–Trinajstić information content (AvgIpc) is 2.45. The maximum atomic E-state index is 11.6. The number of amides is 1. The van der Waals surface area contributed by atoms with Crippen LogP contribution in [-0.2, 0) is 17.8 Å². The lowest BCUT2D eigenvalue weighted by molar-refractivity contribution is -0.136. The zero-order chi connectivity index (χ0) is 11.0. The molecule has 1 aliphatic rings. The largest absolute Gasteiger partial charge is 0.481 e. The molecule has 1 heterocycles. The number of carboxylic acid groups (broad SMARTS) is 1. The maximum absolute atomic E-state index is 11.6. The van der Waals surface area contributed by atoms with Gasteiger partial charge in [0.15, 0.2) is 0 Å². The van der Waals surface area contributed by atoms with E-state index in [1.165, 1.54) is 0 Å². The quantitative estimate of drug-likeness (QED) is 0.780. The molecule has 0 radical (unpaired) electrons. The first-order valence-electron chi connectivity index (χ1n) is 4.67. The fraction of sp³-hybridized carbons (Fsp3) is 0.273. The van der Waals surface area contributed by atoms with Crippen molar-refractivity contribution in [2.45, 2.75) is 13.0 Å². The highest BCUT2D eigenvalue weighted by Gasteiger charge is 2.26. The molecule has 0 saturated heterocycles. The standard InChI is InChI=1S/C11H11NO3/c1-12-6-9-7(5-10(13)14)3-2-4-8(9)11(12)15/h2-4H,5-6H2,1H3,(H,13,14). The average molecular weight is 205 g/mol. The normalized spacial score (nSPS) is 14.2. The number of carbonyl (C=O) groups excluding carboxylic acids is 1. The lowest BCUT2D eigenvalue weighted by atomic mass is 10.0. The second-order valence-electron chi connectivity index (χ2n) is 3.67. The summed E-state index contributed by atoms with van der Waals surface area (Å²) in [6, 6.07) is 5.24. The highest BCUT2D eigenvalue weighted by atomic mass is 16.4. The third-order valence-electron chi connectivity index (χ3n) is 2.59. The minimum atomic E-state index is -0.870. The third-order valence-corrected chi connectivity index (χ3v) is 2.59. The van der Waals surface area contributed by atoms with Gasteiger partial charge in [-0.05, 0) is 17.2 Å². The van der Waals surface area contributed by atoms with Crippen LogP contribution in [0.4, 0.5) is 0 Å². The molecule has 0 bridgehead atoms. The summed E-state index contributed by atoms with van der Waals surface area (Å²) in [5, 5.41) is 8.73. The first kappa shape index (κ1) is 9.71. The Hall–Kier alpha value is -1.84. The number of benzene rings is 1. The Labute approximate surface area is 87.1 Å². The van der Waals surface area contributed by atoms with Crippen LogP contribution < -0.4 is 0 Å². The molecule has 1 aromatic carbocycles. The number of hydrogen-bond acceptors (Lipinski definition) is 2. The molecule has 1 aromatic rings. The number of rotatable bonds is 2. The summed E-state index contributed by atoms with van der Waals surface area (Å²) in [6.45, 7) is 0.512. The molecular weight excluding hydrogens is 194 g/mol. The van der Waals surface area contributed by atoms with E-state index in [2.05, 4.69) is 0 Å². The van der Waals surface area contributed by atoms with Gasteiger partial charge in [-0.25, -0.2) is 0 Å². The summed E-state index contributed by atoms with van der Waals surface area (Å²) in [4.78, 5) is 23.8. The number of aliphatic carboxylic acids is 1. The zero-order valence-electron chi connectivity index (χ0n) is 8.36. The lowest BCUT2D eigenvalue weighted by Gasteiger charge is -2.06. The van der Waals surface area contributed by atoms with Gasteiger partial charge in [0.25, 0.3) is 5.91 Å². The van der Waals surface area contributed by atoms with E-state index in [0.717, 1.165) is 11.1 Å². The van der Waals surface area contributed by atoms with E-state index < -0.39 is 5.97 Å². The molecule has 78 valence electrons. The van der Waals surface area contributed by atoms with Gasteiger partial charge in [-0.1, -0.05) is 12.1 Å². The highest BCUT2D eigenvalue weighted by molar-refractivity contribution is 5.98. The van der Waals surface area contributed by atoms with Gasteiger partial charge < -0.3 is 10.0 Å². The number of fused-ring (bicyclic) bond motifs is 1. The molecular formula is C11H11NO3. The first-order chi connectivity index (χ1) is 7.09. The van der Waals surface area contributed by atoms with Gasteiger partial charge in [0.1, 0.15) is 0 Å². The van der Waals surface area contributed by atoms with Crippen LogP contribution in [0.25, 0.3) is 0 Å². The van der Waals surface area contributed by atoms with Gasteiger partial charge in [-0.15, -0.1) is 0 Å². The predicted molar refractivity (Wildman–Crippen MR) is 53.6 cm³/mol. The van der Waals surface area contributed by atoms with Crippen LogP contribution >= 0.6 is 0 Å². The van der Waals surface area contributed by atoms with Crippen molar-refractivity contribution < 1.29 is 14.7 Å². The summed E-state index contributed by atoms with van der Waals surface area (Å²) in [5.41, 5.74) is 2.22. The molecule has 0 unspecified atom stereocenters. The van der Waals surface area contributed by atoms with Gasteiger partial charge in [0.05, 0.1) is 6.42 Å². The second-order valence-corrected chi connectivity index (χ2v) is 3.67. The van der Waals surface area contributed by atoms with Crippen LogP contribution in [0.2, 0.25) is 0 Å². The fourth-order valence-electron chi connectivity index (χ4n) is 1.86. The number of carbonyl (C=O) groups is 2. The predicted octanol–water partition coefficient (Wildman–Crippen LogP) is 0.899. The van der Waals surface area contributed by atoms with E-state index in [9.17, 15) is 9.59 Å². The van der Waals surface area contributed by atoms with Crippen LogP contribution in [0.1, 0.15) is 21.5 Å². The Morgan fingerprint density at radius 3 is 2.93 bits per heavy atom. The van der Waals surface area contributed by atoms with Crippen molar-refractivity contribution in [3.63, 3.8) is 0 Å². The van der Waals surface area contributed by atoms with Crippen molar-refractivity contribution in [1.82, 2.24) is 4.90 Å².